The fraction of sp³-hybridized carbons (Fsp3) is 0.268. The number of ether oxygens (including phenoxy) is 11. The second-order valence-corrected chi connectivity index (χ2v) is 24.8. The molecule has 0 spiro atoms. The third kappa shape index (κ3) is 19.1. The van der Waals surface area contributed by atoms with Crippen LogP contribution in [0.1, 0.15) is 50.1 Å². The summed E-state index contributed by atoms with van der Waals surface area (Å²) in [5.41, 5.74) is 11.4. The molecule has 0 saturated carbocycles. The standard InChI is InChI=1S/C82H82O11S/c1-60-45-46-70(69-43-26-44-71(47-69)85-51-63-31-14-4-15-32-63)48-75(60)94-59-74-77(87-53-65-35-18-6-19-36-65)79(88-54-66-37-20-7-21-38-66)78(73(91-74)58-84-50-62-29-12-3-13-30-62)93-82-81(90-56-68-41-24-9-25-42-68)80(89-55-67-39-22-8-23-40-67)76(86-52-64-33-16-5-17-34-64)72(92-82)57-83-49-61-27-10-2-11-28-61/h2-48,72-74,76-82H,49-59H2,1H3/t72?,73?,74-,76-,77?,78-,79+,80-,81?,82-/m0/s1. The van der Waals surface area contributed by atoms with Crippen molar-refractivity contribution in [1.82, 2.24) is 0 Å². The smallest absolute Gasteiger partial charge is 0.187 e. The molecule has 12 rings (SSSR count). The third-order valence-corrected chi connectivity index (χ3v) is 18.1. The zero-order chi connectivity index (χ0) is 63.8. The van der Waals surface area contributed by atoms with Crippen LogP contribution in [0.25, 0.3) is 11.1 Å². The fourth-order valence-corrected chi connectivity index (χ4v) is 13.0. The van der Waals surface area contributed by atoms with Gasteiger partial charge in [0.15, 0.2) is 6.29 Å². The Morgan fingerprint density at radius 3 is 1.12 bits per heavy atom. The molecule has 2 aliphatic heterocycles. The van der Waals surface area contributed by atoms with E-state index in [2.05, 4.69) is 134 Å². The summed E-state index contributed by atoms with van der Waals surface area (Å²) < 4.78 is 79.0. The summed E-state index contributed by atoms with van der Waals surface area (Å²) in [6, 6.07) is 96.4. The first kappa shape index (κ1) is 66.0. The normalized spacial score (nSPS) is 21.2. The molecule has 0 radical (unpaired) electrons. The van der Waals surface area contributed by atoms with E-state index in [1.807, 2.05) is 158 Å². The van der Waals surface area contributed by atoms with E-state index in [-0.39, 0.29) is 46.2 Å². The fourth-order valence-electron chi connectivity index (χ4n) is 11.8. The Morgan fingerprint density at radius 1 is 0.309 bits per heavy atom. The molecule has 0 bridgehead atoms. The van der Waals surface area contributed by atoms with Crippen molar-refractivity contribution in [3.8, 4) is 16.9 Å². The van der Waals surface area contributed by atoms with Crippen molar-refractivity contribution in [3.05, 3.63) is 335 Å². The van der Waals surface area contributed by atoms with Crippen molar-refractivity contribution in [2.24, 2.45) is 0 Å². The Hall–Kier alpha value is -8.05. The van der Waals surface area contributed by atoms with Crippen molar-refractivity contribution in [3.63, 3.8) is 0 Å². The molecule has 2 heterocycles. The number of rotatable bonds is 32. The van der Waals surface area contributed by atoms with Gasteiger partial charge in [0, 0.05) is 10.6 Å². The van der Waals surface area contributed by atoms with Crippen molar-refractivity contribution in [2.45, 2.75) is 126 Å². The van der Waals surface area contributed by atoms with Crippen LogP contribution in [0.3, 0.4) is 0 Å². The molecule has 12 heteroatoms. The minimum Gasteiger partial charge on any atom is -0.489 e. The van der Waals surface area contributed by atoms with Gasteiger partial charge in [0.2, 0.25) is 0 Å². The first-order chi connectivity index (χ1) is 46.5. The van der Waals surface area contributed by atoms with Gasteiger partial charge in [-0.05, 0) is 86.3 Å². The third-order valence-electron chi connectivity index (χ3n) is 16.8. The van der Waals surface area contributed by atoms with Gasteiger partial charge in [0.1, 0.15) is 61.2 Å². The summed E-state index contributed by atoms with van der Waals surface area (Å²) in [5.74, 6) is 1.30. The Morgan fingerprint density at radius 2 is 0.670 bits per heavy atom. The molecule has 11 nitrogen and oxygen atoms in total. The highest BCUT2D eigenvalue weighted by molar-refractivity contribution is 7.99. The van der Waals surface area contributed by atoms with Crippen LogP contribution >= 0.6 is 11.8 Å². The zero-order valence-electron chi connectivity index (χ0n) is 53.1. The van der Waals surface area contributed by atoms with Gasteiger partial charge in [0.25, 0.3) is 0 Å². The molecule has 94 heavy (non-hydrogen) atoms. The maximum Gasteiger partial charge on any atom is 0.187 e. The van der Waals surface area contributed by atoms with E-state index in [9.17, 15) is 0 Å². The topological polar surface area (TPSA) is 102 Å². The maximum atomic E-state index is 7.80. The van der Waals surface area contributed by atoms with Gasteiger partial charge in [-0.3, -0.25) is 0 Å². The molecule has 2 saturated heterocycles. The molecular formula is C82H82O11S. The maximum absolute atomic E-state index is 7.80. The summed E-state index contributed by atoms with van der Waals surface area (Å²) in [5, 5.41) is 0. The summed E-state index contributed by atoms with van der Waals surface area (Å²) >= 11 is 1.73. The van der Waals surface area contributed by atoms with Crippen molar-refractivity contribution >= 4 is 11.8 Å². The largest absolute Gasteiger partial charge is 0.489 e. The lowest BCUT2D eigenvalue weighted by Crippen LogP contribution is -2.66. The van der Waals surface area contributed by atoms with E-state index in [4.69, 9.17) is 52.1 Å². The van der Waals surface area contributed by atoms with Gasteiger partial charge in [-0.2, -0.15) is 0 Å². The Balaban J connectivity index is 0.925. The second-order valence-electron chi connectivity index (χ2n) is 23.8. The summed E-state index contributed by atoms with van der Waals surface area (Å²) in [6.07, 6.45) is -7.86. The number of thioether (sulfide) groups is 1. The van der Waals surface area contributed by atoms with Gasteiger partial charge in [-0.15, -0.1) is 11.8 Å². The SMILES string of the molecule is Cc1ccc(-c2cccc(OCc3ccccc3)c2)cc1SC[C@@H]1OC(COCc2ccccc2)[C@H](O[C@@H]2OC(COCc3ccccc3)[C@H](OCc3ccccc3)[C@H](OCc3ccccc3)C2OCc2ccccc2)[C@H](OCc2ccccc2)C1OCc1ccccc1. The molecule has 10 aromatic rings. The van der Waals surface area contributed by atoms with Gasteiger partial charge in [0.05, 0.1) is 65.6 Å². The minimum absolute atomic E-state index is 0.136. The van der Waals surface area contributed by atoms with Crippen LogP contribution in [0.15, 0.2) is 290 Å². The molecule has 0 aliphatic carbocycles. The van der Waals surface area contributed by atoms with E-state index in [0.717, 1.165) is 71.8 Å². The summed E-state index contributed by atoms with van der Waals surface area (Å²) in [6.45, 7) is 4.85. The summed E-state index contributed by atoms with van der Waals surface area (Å²) in [4.78, 5) is 1.11. The number of aryl methyl sites for hydroxylation is 1. The van der Waals surface area contributed by atoms with Crippen LogP contribution in [0.5, 0.6) is 5.75 Å². The second kappa shape index (κ2) is 34.9. The van der Waals surface area contributed by atoms with Crippen LogP contribution in [0.2, 0.25) is 0 Å². The average molecular weight is 1280 g/mol. The molecule has 10 aromatic carbocycles. The Kier molecular flexibility index (Phi) is 24.5. The lowest BCUT2D eigenvalue weighted by Gasteiger charge is -2.50. The molecule has 4 unspecified atom stereocenters. The van der Waals surface area contributed by atoms with E-state index < -0.39 is 61.2 Å². The van der Waals surface area contributed by atoms with Crippen molar-refractivity contribution in [2.75, 3.05) is 19.0 Å². The number of benzene rings is 10. The van der Waals surface area contributed by atoms with Crippen LogP contribution in [-0.2, 0) is 100 Å². The molecular weight excluding hydrogens is 1190 g/mol. The molecule has 2 fully saturated rings. The first-order valence-electron chi connectivity index (χ1n) is 32.5. The van der Waals surface area contributed by atoms with Gasteiger partial charge in [-0.1, -0.05) is 267 Å². The summed E-state index contributed by atoms with van der Waals surface area (Å²) in [7, 11) is 0. The molecule has 482 valence electrons. The molecule has 0 N–H and O–H groups in total. The lowest BCUT2D eigenvalue weighted by molar-refractivity contribution is -0.362. The molecule has 10 atom stereocenters. The minimum atomic E-state index is -1.12. The van der Waals surface area contributed by atoms with Gasteiger partial charge >= 0.3 is 0 Å². The Bertz CT molecular complexity index is 3770. The highest BCUT2D eigenvalue weighted by atomic mass is 32.2. The van der Waals surface area contributed by atoms with E-state index in [1.165, 1.54) is 0 Å². The van der Waals surface area contributed by atoms with Gasteiger partial charge in [-0.25, -0.2) is 0 Å². The van der Waals surface area contributed by atoms with E-state index in [1.54, 1.807) is 11.8 Å². The lowest BCUT2D eigenvalue weighted by atomic mass is 9.93. The first-order valence-corrected chi connectivity index (χ1v) is 33.5. The average Bonchev–Trinajstić information content (AvgIpc) is 0.789. The van der Waals surface area contributed by atoms with Crippen LogP contribution in [-0.4, -0.2) is 80.2 Å². The van der Waals surface area contributed by atoms with Crippen LogP contribution in [0.4, 0.5) is 0 Å². The quantitative estimate of drug-likeness (QED) is 0.0375. The predicted molar refractivity (Wildman–Crippen MR) is 368 cm³/mol. The number of hydrogen-bond donors (Lipinski definition) is 0. The van der Waals surface area contributed by atoms with Gasteiger partial charge < -0.3 is 52.1 Å². The monoisotopic (exact) mass is 1270 g/mol. The Labute approximate surface area is 557 Å². The predicted octanol–water partition coefficient (Wildman–Crippen LogP) is 16.6. The van der Waals surface area contributed by atoms with Crippen molar-refractivity contribution in [1.29, 1.82) is 0 Å². The zero-order valence-corrected chi connectivity index (χ0v) is 53.9. The van der Waals surface area contributed by atoms with Crippen LogP contribution < -0.4 is 4.74 Å². The van der Waals surface area contributed by atoms with Crippen LogP contribution in [0, 0.1) is 6.92 Å². The van der Waals surface area contributed by atoms with E-state index >= 15 is 0 Å². The van der Waals surface area contributed by atoms with E-state index in [0.29, 0.717) is 25.6 Å². The number of hydrogen-bond acceptors (Lipinski definition) is 12. The van der Waals surface area contributed by atoms with Crippen molar-refractivity contribution < 1.29 is 52.1 Å². The highest BCUT2D eigenvalue weighted by Gasteiger charge is 2.54. The highest BCUT2D eigenvalue weighted by Crippen LogP contribution is 2.39. The molecule has 0 amide bonds. The molecule has 0 aromatic heterocycles. The molecule has 2 aliphatic rings.